The minimum Gasteiger partial charge on any atom is -0.379 e. The summed E-state index contributed by atoms with van der Waals surface area (Å²) in [6, 6.07) is 0. The molecule has 106 valence electrons. The summed E-state index contributed by atoms with van der Waals surface area (Å²) >= 11 is 0. The Bertz CT molecular complexity index is 235. The van der Waals surface area contributed by atoms with Crippen LogP contribution in [0.4, 0.5) is 0 Å². The zero-order valence-electron chi connectivity index (χ0n) is 12.3. The summed E-state index contributed by atoms with van der Waals surface area (Å²) in [6.07, 6.45) is 5.36. The molecular weight excluding hydrogens is 226 g/mol. The van der Waals surface area contributed by atoms with Crippen LogP contribution < -0.4 is 0 Å². The van der Waals surface area contributed by atoms with Crippen LogP contribution in [0.2, 0.25) is 0 Å². The third-order valence-electron chi connectivity index (χ3n) is 4.33. The number of likely N-dealkylation sites (tertiary alicyclic amines) is 1. The molecule has 0 radical (unpaired) electrons. The highest BCUT2D eigenvalue weighted by Crippen LogP contribution is 2.25. The Morgan fingerprint density at radius 1 is 1.17 bits per heavy atom. The van der Waals surface area contributed by atoms with Gasteiger partial charge in [-0.05, 0) is 65.5 Å². The molecule has 1 unspecified atom stereocenters. The first kappa shape index (κ1) is 14.3. The molecule has 3 nitrogen and oxygen atoms in total. The fourth-order valence-electron chi connectivity index (χ4n) is 2.94. The zero-order valence-corrected chi connectivity index (χ0v) is 12.3. The molecule has 0 N–H and O–H groups in total. The van der Waals surface area contributed by atoms with Crippen LogP contribution >= 0.6 is 0 Å². The van der Waals surface area contributed by atoms with Gasteiger partial charge in [-0.1, -0.05) is 0 Å². The van der Waals surface area contributed by atoms with Crippen LogP contribution in [-0.2, 0) is 9.47 Å². The predicted molar refractivity (Wildman–Crippen MR) is 73.8 cm³/mol. The highest BCUT2D eigenvalue weighted by molar-refractivity contribution is 4.81. The summed E-state index contributed by atoms with van der Waals surface area (Å²) in [4.78, 5) is 2.61. The molecule has 0 spiro atoms. The molecule has 0 aromatic heterocycles. The van der Waals surface area contributed by atoms with Crippen LogP contribution in [0, 0.1) is 5.92 Å². The van der Waals surface area contributed by atoms with Crippen LogP contribution in [0.3, 0.4) is 0 Å². The average Bonchev–Trinajstić information content (AvgIpc) is 2.82. The zero-order chi connectivity index (χ0) is 13.0. The van der Waals surface area contributed by atoms with Crippen molar-refractivity contribution in [1.82, 2.24) is 4.90 Å². The van der Waals surface area contributed by atoms with Gasteiger partial charge in [-0.2, -0.15) is 0 Å². The van der Waals surface area contributed by atoms with Crippen molar-refractivity contribution in [3.05, 3.63) is 0 Å². The Morgan fingerprint density at radius 3 is 2.44 bits per heavy atom. The van der Waals surface area contributed by atoms with E-state index in [1.807, 2.05) is 0 Å². The van der Waals surface area contributed by atoms with Crippen molar-refractivity contribution in [2.75, 3.05) is 32.9 Å². The van der Waals surface area contributed by atoms with Gasteiger partial charge in [-0.3, -0.25) is 4.90 Å². The van der Waals surface area contributed by atoms with E-state index in [9.17, 15) is 0 Å². The van der Waals surface area contributed by atoms with E-state index in [-0.39, 0.29) is 0 Å². The molecule has 1 atom stereocenters. The molecule has 3 heteroatoms. The summed E-state index contributed by atoms with van der Waals surface area (Å²) in [5, 5.41) is 0. The van der Waals surface area contributed by atoms with Gasteiger partial charge in [0.1, 0.15) is 0 Å². The fourth-order valence-corrected chi connectivity index (χ4v) is 2.94. The van der Waals surface area contributed by atoms with Crippen LogP contribution in [0.25, 0.3) is 0 Å². The number of hydrogen-bond acceptors (Lipinski definition) is 3. The largest absolute Gasteiger partial charge is 0.379 e. The van der Waals surface area contributed by atoms with E-state index < -0.39 is 0 Å². The first-order chi connectivity index (χ1) is 8.55. The van der Waals surface area contributed by atoms with Crippen LogP contribution in [0.15, 0.2) is 0 Å². The predicted octanol–water partition coefficient (Wildman–Crippen LogP) is 2.69. The number of hydrogen-bond donors (Lipinski definition) is 0. The Hall–Kier alpha value is -0.120. The van der Waals surface area contributed by atoms with Gasteiger partial charge in [-0.15, -0.1) is 0 Å². The molecule has 0 aromatic rings. The summed E-state index contributed by atoms with van der Waals surface area (Å²) in [5.41, 5.74) is 0.336. The van der Waals surface area contributed by atoms with Gasteiger partial charge in [0.25, 0.3) is 0 Å². The van der Waals surface area contributed by atoms with E-state index in [0.717, 1.165) is 32.2 Å². The first-order valence-corrected chi connectivity index (χ1v) is 7.50. The van der Waals surface area contributed by atoms with Gasteiger partial charge in [0.05, 0.1) is 12.7 Å². The van der Waals surface area contributed by atoms with E-state index in [0.29, 0.717) is 11.6 Å². The second kappa shape index (κ2) is 6.36. The lowest BCUT2D eigenvalue weighted by molar-refractivity contribution is 0.0246. The average molecular weight is 255 g/mol. The lowest BCUT2D eigenvalue weighted by atomic mass is 9.91. The summed E-state index contributed by atoms with van der Waals surface area (Å²) in [7, 11) is 0. The quantitative estimate of drug-likeness (QED) is 0.771. The van der Waals surface area contributed by atoms with E-state index in [1.165, 1.54) is 32.4 Å². The minimum atomic E-state index is 0.336. The molecular formula is C15H29NO2. The monoisotopic (exact) mass is 255 g/mol. The molecule has 0 aromatic carbocycles. The van der Waals surface area contributed by atoms with Crippen LogP contribution in [0.5, 0.6) is 0 Å². The molecule has 2 aliphatic rings. The maximum absolute atomic E-state index is 5.86. The Kier molecular flexibility index (Phi) is 5.05. The molecule has 2 saturated heterocycles. The molecule has 0 aliphatic carbocycles. The van der Waals surface area contributed by atoms with Crippen molar-refractivity contribution in [3.8, 4) is 0 Å². The highest BCUT2D eigenvalue weighted by Gasteiger charge is 2.27. The molecule has 0 amide bonds. The fraction of sp³-hybridized carbons (Fsp3) is 1.00. The van der Waals surface area contributed by atoms with E-state index >= 15 is 0 Å². The maximum Gasteiger partial charge on any atom is 0.0830 e. The SMILES string of the molecule is CC(C)(C)N1CCC(CCOC2CCOC2)CC1. The van der Waals surface area contributed by atoms with Crippen molar-refractivity contribution in [1.29, 1.82) is 0 Å². The third kappa shape index (κ3) is 4.22. The van der Waals surface area contributed by atoms with Crippen LogP contribution in [-0.4, -0.2) is 49.5 Å². The van der Waals surface area contributed by atoms with Gasteiger partial charge >= 0.3 is 0 Å². The minimum absolute atomic E-state index is 0.336. The van der Waals surface area contributed by atoms with Gasteiger partial charge in [0, 0.05) is 18.8 Å². The van der Waals surface area contributed by atoms with Gasteiger partial charge < -0.3 is 9.47 Å². The first-order valence-electron chi connectivity index (χ1n) is 7.50. The highest BCUT2D eigenvalue weighted by atomic mass is 16.5. The number of piperidine rings is 1. The second-order valence-corrected chi connectivity index (χ2v) is 6.75. The normalized spacial score (nSPS) is 27.8. The topological polar surface area (TPSA) is 21.7 Å². The summed E-state index contributed by atoms with van der Waals surface area (Å²) in [6.45, 7) is 12.1. The van der Waals surface area contributed by atoms with Crippen LogP contribution in [0.1, 0.15) is 46.5 Å². The van der Waals surface area contributed by atoms with Gasteiger partial charge in [0.2, 0.25) is 0 Å². The van der Waals surface area contributed by atoms with Crippen molar-refractivity contribution in [3.63, 3.8) is 0 Å². The molecule has 2 aliphatic heterocycles. The summed E-state index contributed by atoms with van der Waals surface area (Å²) in [5.74, 6) is 0.867. The van der Waals surface area contributed by atoms with Gasteiger partial charge in [-0.25, -0.2) is 0 Å². The Balaban J connectivity index is 1.58. The van der Waals surface area contributed by atoms with E-state index in [2.05, 4.69) is 25.7 Å². The Morgan fingerprint density at radius 2 is 1.89 bits per heavy atom. The van der Waals surface area contributed by atoms with Crippen molar-refractivity contribution < 1.29 is 9.47 Å². The Labute approximate surface area is 112 Å². The molecule has 0 saturated carbocycles. The molecule has 2 fully saturated rings. The van der Waals surface area contributed by atoms with Crippen molar-refractivity contribution in [2.45, 2.75) is 58.1 Å². The van der Waals surface area contributed by atoms with E-state index in [1.54, 1.807) is 0 Å². The molecule has 0 bridgehead atoms. The number of rotatable bonds is 4. The maximum atomic E-state index is 5.86. The number of nitrogens with zero attached hydrogens (tertiary/aromatic N) is 1. The summed E-state index contributed by atoms with van der Waals surface area (Å²) < 4.78 is 11.2. The van der Waals surface area contributed by atoms with Gasteiger partial charge in [0.15, 0.2) is 0 Å². The number of ether oxygens (including phenoxy) is 2. The lowest BCUT2D eigenvalue weighted by Gasteiger charge is -2.41. The van der Waals surface area contributed by atoms with E-state index in [4.69, 9.17) is 9.47 Å². The molecule has 2 rings (SSSR count). The third-order valence-corrected chi connectivity index (χ3v) is 4.33. The lowest BCUT2D eigenvalue weighted by Crippen LogP contribution is -2.46. The second-order valence-electron chi connectivity index (χ2n) is 6.75. The standard InChI is InChI=1S/C15H29NO2/c1-15(2,3)16-8-4-13(5-9-16)6-11-18-14-7-10-17-12-14/h13-14H,4-12H2,1-3H3. The van der Waals surface area contributed by atoms with Crippen molar-refractivity contribution in [2.24, 2.45) is 5.92 Å². The molecule has 2 heterocycles. The van der Waals surface area contributed by atoms with Crippen molar-refractivity contribution >= 4 is 0 Å². The molecule has 18 heavy (non-hydrogen) atoms. The smallest absolute Gasteiger partial charge is 0.0830 e.